The van der Waals surface area contributed by atoms with Crippen LogP contribution in [0, 0.1) is 0 Å². The van der Waals surface area contributed by atoms with Crippen molar-refractivity contribution < 1.29 is 9.90 Å². The molecule has 0 bridgehead atoms. The van der Waals surface area contributed by atoms with Crippen molar-refractivity contribution in [1.82, 2.24) is 19.7 Å². The molecule has 0 spiro atoms. The van der Waals surface area contributed by atoms with Gasteiger partial charge in [-0.1, -0.05) is 0 Å². The van der Waals surface area contributed by atoms with Crippen molar-refractivity contribution in [1.29, 1.82) is 0 Å². The number of nitrogens with zero attached hydrogens (tertiary/aromatic N) is 4. The molecule has 76 valence electrons. The van der Waals surface area contributed by atoms with E-state index in [2.05, 4.69) is 15.1 Å². The molecule has 2 aromatic heterocycles. The maximum atomic E-state index is 10.6. The summed E-state index contributed by atoms with van der Waals surface area (Å²) < 4.78 is 1.59. The predicted octanol–water partition coefficient (Wildman–Crippen LogP) is 0.575. The van der Waals surface area contributed by atoms with Gasteiger partial charge < -0.3 is 5.11 Å². The number of hydrogen-bond donors (Lipinski definition) is 1. The molecule has 0 saturated heterocycles. The topological polar surface area (TPSA) is 80.9 Å². The van der Waals surface area contributed by atoms with Crippen LogP contribution in [0.1, 0.15) is 10.5 Å². The van der Waals surface area contributed by atoms with Crippen LogP contribution in [0.15, 0.2) is 24.7 Å². The Labute approximate surface area is 85.2 Å². The maximum absolute atomic E-state index is 10.6. The van der Waals surface area contributed by atoms with Crippen molar-refractivity contribution in [3.05, 3.63) is 30.4 Å². The van der Waals surface area contributed by atoms with Crippen LogP contribution >= 0.6 is 0 Å². The first-order valence-electron chi connectivity index (χ1n) is 4.22. The Balaban J connectivity index is 2.40. The first-order chi connectivity index (χ1) is 7.18. The van der Waals surface area contributed by atoms with E-state index in [0.29, 0.717) is 5.82 Å². The molecule has 0 radical (unpaired) electrons. The highest BCUT2D eigenvalue weighted by atomic mass is 16.4. The number of carboxylic acids is 1. The molecule has 0 aromatic carbocycles. The van der Waals surface area contributed by atoms with E-state index in [1.807, 2.05) is 0 Å². The fraction of sp³-hybridized carbons (Fsp3) is 0.111. The smallest absolute Gasteiger partial charge is 0.354 e. The molecular weight excluding hydrogens is 196 g/mol. The first-order valence-corrected chi connectivity index (χ1v) is 4.22. The molecule has 15 heavy (non-hydrogen) atoms. The standard InChI is InChI=1S/C9H8N4O2/c1-13-8(11-5-12-13)6-2-3-7(9(14)15)10-4-6/h2-5H,1H3,(H,14,15). The van der Waals surface area contributed by atoms with Gasteiger partial charge in [0, 0.05) is 18.8 Å². The normalized spacial score (nSPS) is 10.2. The summed E-state index contributed by atoms with van der Waals surface area (Å²) >= 11 is 0. The molecule has 0 aliphatic heterocycles. The third-order valence-electron chi connectivity index (χ3n) is 1.95. The molecule has 1 N–H and O–H groups in total. The molecule has 6 nitrogen and oxygen atoms in total. The van der Waals surface area contributed by atoms with Gasteiger partial charge in [-0.05, 0) is 12.1 Å². The number of carboxylic acid groups (broad SMARTS) is 1. The number of carbonyl (C=O) groups is 1. The zero-order chi connectivity index (χ0) is 10.8. The van der Waals surface area contributed by atoms with E-state index in [9.17, 15) is 4.79 Å². The van der Waals surface area contributed by atoms with Gasteiger partial charge in [0.1, 0.15) is 12.0 Å². The van der Waals surface area contributed by atoms with Gasteiger partial charge in [-0.3, -0.25) is 0 Å². The Morgan fingerprint density at radius 2 is 2.20 bits per heavy atom. The van der Waals surface area contributed by atoms with E-state index in [-0.39, 0.29) is 5.69 Å². The van der Waals surface area contributed by atoms with Crippen LogP contribution in [0.3, 0.4) is 0 Å². The number of aromatic nitrogens is 4. The summed E-state index contributed by atoms with van der Waals surface area (Å²) in [7, 11) is 1.76. The van der Waals surface area contributed by atoms with E-state index in [0.717, 1.165) is 5.56 Å². The second-order valence-corrected chi connectivity index (χ2v) is 2.94. The molecule has 0 saturated carbocycles. The highest BCUT2D eigenvalue weighted by Gasteiger charge is 2.07. The van der Waals surface area contributed by atoms with E-state index in [1.54, 1.807) is 17.8 Å². The molecule has 6 heteroatoms. The Bertz CT molecular complexity index is 489. The van der Waals surface area contributed by atoms with Crippen LogP contribution in [0.2, 0.25) is 0 Å². The first kappa shape index (κ1) is 9.32. The van der Waals surface area contributed by atoms with Crippen molar-refractivity contribution in [3.8, 4) is 11.4 Å². The molecular formula is C9H8N4O2. The van der Waals surface area contributed by atoms with Crippen LogP contribution in [0.5, 0.6) is 0 Å². The Hall–Kier alpha value is -2.24. The molecule has 2 aromatic rings. The number of hydrogen-bond acceptors (Lipinski definition) is 4. The largest absolute Gasteiger partial charge is 0.477 e. The summed E-state index contributed by atoms with van der Waals surface area (Å²) in [6.07, 6.45) is 2.90. The van der Waals surface area contributed by atoms with Crippen LogP contribution in [0.25, 0.3) is 11.4 Å². The van der Waals surface area contributed by atoms with E-state index in [4.69, 9.17) is 5.11 Å². The van der Waals surface area contributed by atoms with Gasteiger partial charge in [-0.2, -0.15) is 5.10 Å². The highest BCUT2D eigenvalue weighted by molar-refractivity contribution is 5.85. The van der Waals surface area contributed by atoms with Crippen molar-refractivity contribution in [2.75, 3.05) is 0 Å². The minimum Gasteiger partial charge on any atom is -0.477 e. The van der Waals surface area contributed by atoms with Crippen molar-refractivity contribution in [3.63, 3.8) is 0 Å². The third-order valence-corrected chi connectivity index (χ3v) is 1.95. The molecule has 0 unspecified atom stereocenters. The fourth-order valence-corrected chi connectivity index (χ4v) is 1.21. The number of aryl methyl sites for hydroxylation is 1. The van der Waals surface area contributed by atoms with Crippen LogP contribution in [0.4, 0.5) is 0 Å². The second kappa shape index (κ2) is 3.49. The molecule has 0 aliphatic carbocycles. The van der Waals surface area contributed by atoms with Gasteiger partial charge in [0.05, 0.1) is 0 Å². The summed E-state index contributed by atoms with van der Waals surface area (Å²) in [6, 6.07) is 3.09. The van der Waals surface area contributed by atoms with E-state index >= 15 is 0 Å². The lowest BCUT2D eigenvalue weighted by Gasteiger charge is -1.99. The molecule has 0 atom stereocenters. The van der Waals surface area contributed by atoms with Gasteiger partial charge in [0.15, 0.2) is 5.82 Å². The summed E-state index contributed by atoms with van der Waals surface area (Å²) in [6.45, 7) is 0. The average molecular weight is 204 g/mol. The second-order valence-electron chi connectivity index (χ2n) is 2.94. The fourth-order valence-electron chi connectivity index (χ4n) is 1.21. The minimum absolute atomic E-state index is 0.0147. The molecule has 0 fully saturated rings. The highest BCUT2D eigenvalue weighted by Crippen LogP contribution is 2.13. The van der Waals surface area contributed by atoms with Crippen LogP contribution in [-0.4, -0.2) is 30.8 Å². The zero-order valence-corrected chi connectivity index (χ0v) is 7.95. The van der Waals surface area contributed by atoms with Gasteiger partial charge in [-0.15, -0.1) is 0 Å². The lowest BCUT2D eigenvalue weighted by atomic mass is 10.2. The summed E-state index contributed by atoms with van der Waals surface area (Å²) in [4.78, 5) is 18.4. The molecule has 2 heterocycles. The van der Waals surface area contributed by atoms with Crippen molar-refractivity contribution in [2.45, 2.75) is 0 Å². The third kappa shape index (κ3) is 1.69. The minimum atomic E-state index is -1.04. The molecule has 0 aliphatic rings. The van der Waals surface area contributed by atoms with Gasteiger partial charge in [-0.25, -0.2) is 19.4 Å². The average Bonchev–Trinajstić information content (AvgIpc) is 2.65. The SMILES string of the molecule is Cn1ncnc1-c1ccc(C(=O)O)nc1. The Kier molecular flexibility index (Phi) is 2.17. The van der Waals surface area contributed by atoms with E-state index < -0.39 is 5.97 Å². The van der Waals surface area contributed by atoms with Crippen molar-refractivity contribution >= 4 is 5.97 Å². The van der Waals surface area contributed by atoms with Crippen LogP contribution < -0.4 is 0 Å². The van der Waals surface area contributed by atoms with Crippen LogP contribution in [-0.2, 0) is 7.05 Å². The Morgan fingerprint density at radius 1 is 1.40 bits per heavy atom. The Morgan fingerprint density at radius 3 is 2.67 bits per heavy atom. The predicted molar refractivity (Wildman–Crippen MR) is 51.2 cm³/mol. The lowest BCUT2D eigenvalue weighted by molar-refractivity contribution is 0.0690. The quantitative estimate of drug-likeness (QED) is 0.773. The molecule has 2 rings (SSSR count). The summed E-state index contributed by atoms with van der Waals surface area (Å²) in [5, 5.41) is 12.6. The lowest BCUT2D eigenvalue weighted by Crippen LogP contribution is -2.00. The summed E-state index contributed by atoms with van der Waals surface area (Å²) in [5.74, 6) is -0.390. The van der Waals surface area contributed by atoms with E-state index in [1.165, 1.54) is 18.6 Å². The van der Waals surface area contributed by atoms with Gasteiger partial charge >= 0.3 is 5.97 Å². The van der Waals surface area contributed by atoms with Crippen molar-refractivity contribution in [2.24, 2.45) is 7.05 Å². The number of rotatable bonds is 2. The number of aromatic carboxylic acids is 1. The summed E-state index contributed by atoms with van der Waals surface area (Å²) in [5.41, 5.74) is 0.751. The monoisotopic (exact) mass is 204 g/mol. The van der Waals surface area contributed by atoms with Gasteiger partial charge in [0.25, 0.3) is 0 Å². The maximum Gasteiger partial charge on any atom is 0.354 e. The molecule has 0 amide bonds. The zero-order valence-electron chi connectivity index (χ0n) is 7.95. The van der Waals surface area contributed by atoms with Gasteiger partial charge in [0.2, 0.25) is 0 Å². The number of pyridine rings is 1.